The molecule has 2 rings (SSSR count). The lowest BCUT2D eigenvalue weighted by molar-refractivity contribution is 0.899. The molecule has 1 aromatic rings. The molecule has 1 aliphatic rings. The third-order valence-electron chi connectivity index (χ3n) is 4.00. The van der Waals surface area contributed by atoms with Crippen LogP contribution in [0.5, 0.6) is 0 Å². The molecule has 1 aliphatic carbocycles. The van der Waals surface area contributed by atoms with Gasteiger partial charge in [-0.3, -0.25) is 0 Å². The number of allylic oxidation sites excluding steroid dienone is 5. The lowest BCUT2D eigenvalue weighted by atomic mass is 10.0. The molecule has 0 radical (unpaired) electrons. The Bertz CT molecular complexity index is 708. The number of rotatable bonds is 7. The SMILES string of the molecule is C=C(/C=C\CCN)C(=C)N(C1=CC=CCC1)c1ccc(C)cc1N. The minimum absolute atomic E-state index is 0.626. The second-order valence-electron chi connectivity index (χ2n) is 5.97. The Morgan fingerprint density at radius 2 is 2.12 bits per heavy atom. The fourth-order valence-electron chi connectivity index (χ4n) is 2.69. The minimum atomic E-state index is 0.626. The summed E-state index contributed by atoms with van der Waals surface area (Å²) in [6.45, 7) is 11.1. The quantitative estimate of drug-likeness (QED) is 0.570. The van der Waals surface area contributed by atoms with Crippen LogP contribution in [-0.2, 0) is 0 Å². The van der Waals surface area contributed by atoms with Crippen molar-refractivity contribution in [3.63, 3.8) is 0 Å². The highest BCUT2D eigenvalue weighted by Gasteiger charge is 2.19. The number of nitrogens with two attached hydrogens (primary N) is 2. The molecule has 24 heavy (non-hydrogen) atoms. The molecule has 0 saturated carbocycles. The smallest absolute Gasteiger partial charge is 0.0688 e. The molecule has 0 amide bonds. The molecule has 0 atom stereocenters. The van der Waals surface area contributed by atoms with Gasteiger partial charge in [0.25, 0.3) is 0 Å². The number of hydrogen-bond acceptors (Lipinski definition) is 3. The van der Waals surface area contributed by atoms with Gasteiger partial charge in [0.1, 0.15) is 0 Å². The van der Waals surface area contributed by atoms with Crippen molar-refractivity contribution in [2.45, 2.75) is 26.2 Å². The van der Waals surface area contributed by atoms with E-state index in [1.807, 2.05) is 31.2 Å². The first-order valence-electron chi connectivity index (χ1n) is 8.31. The van der Waals surface area contributed by atoms with Gasteiger partial charge >= 0.3 is 0 Å². The molecular formula is C21H27N3. The van der Waals surface area contributed by atoms with E-state index in [2.05, 4.69) is 42.4 Å². The van der Waals surface area contributed by atoms with Crippen molar-refractivity contribution in [2.24, 2.45) is 5.73 Å². The minimum Gasteiger partial charge on any atom is -0.397 e. The number of nitrogens with zero attached hydrogens (tertiary/aromatic N) is 1. The summed E-state index contributed by atoms with van der Waals surface area (Å²) in [6, 6.07) is 6.10. The van der Waals surface area contributed by atoms with E-state index < -0.39 is 0 Å². The van der Waals surface area contributed by atoms with Crippen molar-refractivity contribution in [1.82, 2.24) is 0 Å². The van der Waals surface area contributed by atoms with E-state index in [0.717, 1.165) is 47.5 Å². The van der Waals surface area contributed by atoms with E-state index in [0.29, 0.717) is 6.54 Å². The van der Waals surface area contributed by atoms with Crippen molar-refractivity contribution in [3.05, 3.63) is 84.3 Å². The van der Waals surface area contributed by atoms with Crippen LogP contribution >= 0.6 is 0 Å². The Balaban J connectivity index is 2.39. The fraction of sp³-hybridized carbons (Fsp3) is 0.238. The molecule has 0 fully saturated rings. The lowest BCUT2D eigenvalue weighted by Crippen LogP contribution is -2.23. The molecule has 0 aliphatic heterocycles. The van der Waals surface area contributed by atoms with Crippen molar-refractivity contribution in [2.75, 3.05) is 17.2 Å². The monoisotopic (exact) mass is 321 g/mol. The van der Waals surface area contributed by atoms with Gasteiger partial charge in [-0.1, -0.05) is 43.5 Å². The van der Waals surface area contributed by atoms with Crippen LogP contribution in [0.15, 0.2) is 78.7 Å². The van der Waals surface area contributed by atoms with E-state index >= 15 is 0 Å². The Hall–Kier alpha value is -2.52. The summed E-state index contributed by atoms with van der Waals surface area (Å²) < 4.78 is 0. The van der Waals surface area contributed by atoms with Crippen LogP contribution in [0.3, 0.4) is 0 Å². The third-order valence-corrected chi connectivity index (χ3v) is 4.00. The van der Waals surface area contributed by atoms with Gasteiger partial charge in [-0.05, 0) is 62.1 Å². The third kappa shape index (κ3) is 4.27. The Morgan fingerprint density at radius 3 is 2.75 bits per heavy atom. The van der Waals surface area contributed by atoms with Crippen LogP contribution in [0, 0.1) is 6.92 Å². The van der Waals surface area contributed by atoms with Crippen LogP contribution in [0.4, 0.5) is 11.4 Å². The standard InChI is InChI=1S/C21H27N3/c1-16-12-13-21(20(23)15-16)24(19-10-5-4-6-11-19)18(3)17(2)9-7-8-14-22/h4-5,7,9-10,12-13,15H,2-3,6,8,11,14,22-23H2,1H3/b9-7-. The molecule has 0 saturated heterocycles. The summed E-state index contributed by atoms with van der Waals surface area (Å²) in [5.41, 5.74) is 17.5. The zero-order chi connectivity index (χ0) is 17.5. The van der Waals surface area contributed by atoms with Crippen LogP contribution in [0.2, 0.25) is 0 Å². The van der Waals surface area contributed by atoms with Crippen LogP contribution < -0.4 is 16.4 Å². The predicted octanol–water partition coefficient (Wildman–Crippen LogP) is 4.59. The summed E-state index contributed by atoms with van der Waals surface area (Å²) >= 11 is 0. The fourth-order valence-corrected chi connectivity index (χ4v) is 2.69. The number of nitrogen functional groups attached to an aromatic ring is 1. The first-order chi connectivity index (χ1) is 11.5. The molecule has 3 nitrogen and oxygen atoms in total. The molecule has 4 N–H and O–H groups in total. The molecule has 1 aromatic carbocycles. The first-order valence-corrected chi connectivity index (χ1v) is 8.31. The van der Waals surface area contributed by atoms with Crippen molar-refractivity contribution in [1.29, 1.82) is 0 Å². The van der Waals surface area contributed by atoms with E-state index in [-0.39, 0.29) is 0 Å². The van der Waals surface area contributed by atoms with Gasteiger partial charge in [-0.25, -0.2) is 0 Å². The maximum Gasteiger partial charge on any atom is 0.0688 e. The highest BCUT2D eigenvalue weighted by atomic mass is 15.2. The van der Waals surface area contributed by atoms with E-state index in [9.17, 15) is 0 Å². The van der Waals surface area contributed by atoms with Crippen molar-refractivity contribution < 1.29 is 0 Å². The molecule has 0 heterocycles. The first kappa shape index (κ1) is 17.8. The van der Waals surface area contributed by atoms with Gasteiger partial charge in [0, 0.05) is 11.4 Å². The zero-order valence-electron chi connectivity index (χ0n) is 14.5. The average Bonchev–Trinajstić information content (AvgIpc) is 2.58. The Labute approximate surface area is 145 Å². The predicted molar refractivity (Wildman–Crippen MR) is 106 cm³/mol. The summed E-state index contributed by atoms with van der Waals surface area (Å²) in [5.74, 6) is 0. The summed E-state index contributed by atoms with van der Waals surface area (Å²) in [7, 11) is 0. The molecule has 0 bridgehead atoms. The van der Waals surface area contributed by atoms with Gasteiger partial charge in [0.05, 0.1) is 11.4 Å². The van der Waals surface area contributed by atoms with Gasteiger partial charge in [0.2, 0.25) is 0 Å². The second kappa shape index (κ2) is 8.37. The van der Waals surface area contributed by atoms with Crippen molar-refractivity contribution >= 4 is 11.4 Å². The molecule has 0 aromatic heterocycles. The van der Waals surface area contributed by atoms with Gasteiger partial charge in [-0.15, -0.1) is 0 Å². The number of anilines is 2. The van der Waals surface area contributed by atoms with Crippen LogP contribution in [0.25, 0.3) is 0 Å². The molecular weight excluding hydrogens is 294 g/mol. The number of hydrogen-bond donors (Lipinski definition) is 2. The van der Waals surface area contributed by atoms with E-state index in [1.165, 1.54) is 5.70 Å². The lowest BCUT2D eigenvalue weighted by Gasteiger charge is -2.31. The topological polar surface area (TPSA) is 55.3 Å². The van der Waals surface area contributed by atoms with Crippen molar-refractivity contribution in [3.8, 4) is 0 Å². The molecule has 0 spiro atoms. The normalized spacial score (nSPS) is 13.8. The maximum atomic E-state index is 6.30. The zero-order valence-corrected chi connectivity index (χ0v) is 14.5. The van der Waals surface area contributed by atoms with E-state index in [1.54, 1.807) is 0 Å². The van der Waals surface area contributed by atoms with Crippen LogP contribution in [-0.4, -0.2) is 6.54 Å². The maximum absolute atomic E-state index is 6.30. The van der Waals surface area contributed by atoms with Gasteiger partial charge < -0.3 is 16.4 Å². The summed E-state index contributed by atoms with van der Waals surface area (Å²) in [6.07, 6.45) is 13.1. The Morgan fingerprint density at radius 1 is 1.33 bits per heavy atom. The highest BCUT2D eigenvalue weighted by Crippen LogP contribution is 2.35. The van der Waals surface area contributed by atoms with Gasteiger partial charge in [0.15, 0.2) is 0 Å². The van der Waals surface area contributed by atoms with E-state index in [4.69, 9.17) is 11.5 Å². The molecule has 3 heteroatoms. The average molecular weight is 321 g/mol. The van der Waals surface area contributed by atoms with Crippen LogP contribution in [0.1, 0.15) is 24.8 Å². The Kier molecular flexibility index (Phi) is 6.21. The second-order valence-corrected chi connectivity index (χ2v) is 5.97. The summed E-state index contributed by atoms with van der Waals surface area (Å²) in [4.78, 5) is 2.12. The largest absolute Gasteiger partial charge is 0.397 e. The number of aryl methyl sites for hydroxylation is 1. The summed E-state index contributed by atoms with van der Waals surface area (Å²) in [5, 5.41) is 0. The molecule has 0 unspecified atom stereocenters. The van der Waals surface area contributed by atoms with Gasteiger partial charge in [-0.2, -0.15) is 0 Å². The number of benzene rings is 1. The molecule has 126 valence electrons. The highest BCUT2D eigenvalue weighted by molar-refractivity contribution is 5.75.